The number of hydrogen-bond acceptors (Lipinski definition) is 5. The van der Waals surface area contributed by atoms with Gasteiger partial charge in [0.05, 0.1) is 31.4 Å². The van der Waals surface area contributed by atoms with Gasteiger partial charge in [0.15, 0.2) is 0 Å². The number of rotatable bonds is 6. The first-order valence-corrected chi connectivity index (χ1v) is 11.3. The van der Waals surface area contributed by atoms with E-state index < -0.39 is 0 Å². The molecule has 1 aromatic rings. The zero-order valence-corrected chi connectivity index (χ0v) is 17.2. The molecule has 7 nitrogen and oxygen atoms in total. The van der Waals surface area contributed by atoms with Gasteiger partial charge in [-0.3, -0.25) is 9.59 Å². The second-order valence-corrected chi connectivity index (χ2v) is 8.97. The smallest absolute Gasteiger partial charge is 0.251 e. The van der Waals surface area contributed by atoms with E-state index in [4.69, 9.17) is 14.2 Å². The highest BCUT2D eigenvalue weighted by Gasteiger charge is 2.49. The highest BCUT2D eigenvalue weighted by molar-refractivity contribution is 5.94. The van der Waals surface area contributed by atoms with Crippen LogP contribution in [0.25, 0.3) is 0 Å². The molecule has 30 heavy (non-hydrogen) atoms. The van der Waals surface area contributed by atoms with Crippen molar-refractivity contribution in [2.24, 2.45) is 5.92 Å². The maximum absolute atomic E-state index is 12.8. The first kappa shape index (κ1) is 19.8. The van der Waals surface area contributed by atoms with Gasteiger partial charge in [0.2, 0.25) is 5.91 Å². The standard InChI is InChI=1S/C23H30N2O5/c26-22(14-9-10-14)24-18-12-28-21-19(13-29-20(18)21)25-23(27)15-5-4-8-17(11-15)30-16-6-2-1-3-7-16/h4-5,8,11,14,16,18-21H,1-3,6-7,9-10,12-13H2,(H,24,26)(H,25,27). The summed E-state index contributed by atoms with van der Waals surface area (Å²) >= 11 is 0. The van der Waals surface area contributed by atoms with Crippen molar-refractivity contribution in [2.75, 3.05) is 13.2 Å². The average Bonchev–Trinajstić information content (AvgIpc) is 3.44. The Labute approximate surface area is 176 Å². The number of amides is 2. The lowest BCUT2D eigenvalue weighted by Gasteiger charge is -2.23. The topological polar surface area (TPSA) is 85.9 Å². The van der Waals surface area contributed by atoms with E-state index in [1.54, 1.807) is 6.07 Å². The maximum Gasteiger partial charge on any atom is 0.251 e. The number of hydrogen-bond donors (Lipinski definition) is 2. The van der Waals surface area contributed by atoms with E-state index in [1.807, 2.05) is 18.2 Å². The van der Waals surface area contributed by atoms with Crippen molar-refractivity contribution in [3.63, 3.8) is 0 Å². The average molecular weight is 415 g/mol. The van der Waals surface area contributed by atoms with Gasteiger partial charge in [-0.2, -0.15) is 0 Å². The van der Waals surface area contributed by atoms with Gasteiger partial charge in [-0.1, -0.05) is 12.5 Å². The monoisotopic (exact) mass is 414 g/mol. The third kappa shape index (κ3) is 4.32. The SMILES string of the molecule is O=C(NC1COC2C(NC(=O)C3CC3)COC12)c1cccc(OC2CCCCC2)c1. The number of benzene rings is 1. The summed E-state index contributed by atoms with van der Waals surface area (Å²) in [5.41, 5.74) is 0.573. The number of nitrogens with one attached hydrogen (secondary N) is 2. The fraction of sp³-hybridized carbons (Fsp3) is 0.652. The van der Waals surface area contributed by atoms with Crippen LogP contribution in [0.3, 0.4) is 0 Å². The van der Waals surface area contributed by atoms with Crippen molar-refractivity contribution in [3.8, 4) is 5.75 Å². The van der Waals surface area contributed by atoms with Crippen LogP contribution >= 0.6 is 0 Å². The van der Waals surface area contributed by atoms with E-state index in [0.717, 1.165) is 31.4 Å². The van der Waals surface area contributed by atoms with E-state index in [2.05, 4.69) is 10.6 Å². The number of ether oxygens (including phenoxy) is 3. The minimum absolute atomic E-state index is 0.0927. The zero-order valence-electron chi connectivity index (χ0n) is 17.2. The summed E-state index contributed by atoms with van der Waals surface area (Å²) in [4.78, 5) is 24.9. The van der Waals surface area contributed by atoms with Gasteiger partial charge in [0, 0.05) is 11.5 Å². The van der Waals surface area contributed by atoms with Gasteiger partial charge in [0.1, 0.15) is 18.0 Å². The number of carbonyl (C=O) groups is 2. The van der Waals surface area contributed by atoms with Crippen LogP contribution in [0, 0.1) is 5.92 Å². The highest BCUT2D eigenvalue weighted by Crippen LogP contribution is 2.31. The minimum atomic E-state index is -0.236. The summed E-state index contributed by atoms with van der Waals surface area (Å²) in [6.45, 7) is 0.806. The lowest BCUT2D eigenvalue weighted by atomic mass is 9.98. The van der Waals surface area contributed by atoms with Crippen molar-refractivity contribution in [1.82, 2.24) is 10.6 Å². The largest absolute Gasteiger partial charge is 0.490 e. The first-order chi connectivity index (χ1) is 14.7. The van der Waals surface area contributed by atoms with Crippen LogP contribution in [-0.4, -0.2) is 55.4 Å². The fourth-order valence-corrected chi connectivity index (χ4v) is 4.73. The third-order valence-electron chi connectivity index (χ3n) is 6.60. The Kier molecular flexibility index (Phi) is 5.65. The van der Waals surface area contributed by atoms with Crippen LogP contribution < -0.4 is 15.4 Å². The van der Waals surface area contributed by atoms with Crippen molar-refractivity contribution in [3.05, 3.63) is 29.8 Å². The molecule has 4 fully saturated rings. The predicted molar refractivity (Wildman–Crippen MR) is 109 cm³/mol. The summed E-state index contributed by atoms with van der Waals surface area (Å²) in [5, 5.41) is 6.10. The summed E-state index contributed by atoms with van der Waals surface area (Å²) in [5.74, 6) is 0.835. The molecule has 2 aliphatic heterocycles. The highest BCUT2D eigenvalue weighted by atomic mass is 16.6. The Bertz CT molecular complexity index is 790. The summed E-state index contributed by atoms with van der Waals surface area (Å²) in [6, 6.07) is 7.00. The normalized spacial score (nSPS) is 31.2. The molecule has 0 aromatic heterocycles. The second-order valence-electron chi connectivity index (χ2n) is 8.97. The molecule has 0 spiro atoms. The zero-order chi connectivity index (χ0) is 20.5. The molecule has 4 atom stereocenters. The van der Waals surface area contributed by atoms with Gasteiger partial charge in [-0.25, -0.2) is 0 Å². The van der Waals surface area contributed by atoms with E-state index in [0.29, 0.717) is 18.8 Å². The van der Waals surface area contributed by atoms with Crippen LogP contribution in [0.1, 0.15) is 55.3 Å². The molecule has 2 saturated carbocycles. The Morgan fingerprint density at radius 3 is 2.30 bits per heavy atom. The number of fused-ring (bicyclic) bond motifs is 1. The number of carbonyl (C=O) groups excluding carboxylic acids is 2. The van der Waals surface area contributed by atoms with E-state index >= 15 is 0 Å². The van der Waals surface area contributed by atoms with Crippen LogP contribution in [0.2, 0.25) is 0 Å². The quantitative estimate of drug-likeness (QED) is 0.745. The fourth-order valence-electron chi connectivity index (χ4n) is 4.73. The van der Waals surface area contributed by atoms with Crippen molar-refractivity contribution >= 4 is 11.8 Å². The Morgan fingerprint density at radius 1 is 0.900 bits per heavy atom. The van der Waals surface area contributed by atoms with E-state index in [1.165, 1.54) is 19.3 Å². The molecule has 4 unspecified atom stereocenters. The minimum Gasteiger partial charge on any atom is -0.490 e. The van der Waals surface area contributed by atoms with Crippen molar-refractivity contribution in [2.45, 2.75) is 75.3 Å². The lowest BCUT2D eigenvalue weighted by Crippen LogP contribution is -2.47. The van der Waals surface area contributed by atoms with Crippen molar-refractivity contribution < 1.29 is 23.8 Å². The molecule has 4 aliphatic rings. The van der Waals surface area contributed by atoms with Crippen LogP contribution in [-0.2, 0) is 14.3 Å². The summed E-state index contributed by atoms with van der Waals surface area (Å²) < 4.78 is 17.9. The predicted octanol–water partition coefficient (Wildman–Crippen LogP) is 2.19. The van der Waals surface area contributed by atoms with Gasteiger partial charge >= 0.3 is 0 Å². The van der Waals surface area contributed by atoms with Crippen LogP contribution in [0.4, 0.5) is 0 Å². The summed E-state index contributed by atoms with van der Waals surface area (Å²) in [7, 11) is 0. The maximum atomic E-state index is 12.8. The molecular formula is C23H30N2O5. The molecule has 2 aliphatic carbocycles. The molecule has 2 amide bonds. The first-order valence-electron chi connectivity index (χ1n) is 11.3. The van der Waals surface area contributed by atoms with E-state index in [-0.39, 0.29) is 48.1 Å². The van der Waals surface area contributed by atoms with Gasteiger partial charge in [-0.15, -0.1) is 0 Å². The third-order valence-corrected chi connectivity index (χ3v) is 6.60. The van der Waals surface area contributed by atoms with Crippen molar-refractivity contribution in [1.29, 1.82) is 0 Å². The molecule has 0 radical (unpaired) electrons. The second kappa shape index (κ2) is 8.55. The Morgan fingerprint density at radius 2 is 1.60 bits per heavy atom. The Hall–Kier alpha value is -2.12. The Balaban J connectivity index is 1.17. The van der Waals surface area contributed by atoms with Gasteiger partial charge < -0.3 is 24.8 Å². The lowest BCUT2D eigenvalue weighted by molar-refractivity contribution is -0.123. The van der Waals surface area contributed by atoms with Gasteiger partial charge in [-0.05, 0) is 56.7 Å². The molecule has 5 rings (SSSR count). The molecule has 2 saturated heterocycles. The molecular weight excluding hydrogens is 384 g/mol. The van der Waals surface area contributed by atoms with Crippen LogP contribution in [0.5, 0.6) is 5.75 Å². The molecule has 162 valence electrons. The molecule has 7 heteroatoms. The molecule has 2 heterocycles. The summed E-state index contributed by atoms with van der Waals surface area (Å²) in [6.07, 6.45) is 7.58. The van der Waals surface area contributed by atoms with Crippen LogP contribution in [0.15, 0.2) is 24.3 Å². The van der Waals surface area contributed by atoms with Gasteiger partial charge in [0.25, 0.3) is 5.91 Å². The molecule has 2 N–H and O–H groups in total. The molecule has 1 aromatic carbocycles. The molecule has 0 bridgehead atoms. The van der Waals surface area contributed by atoms with E-state index in [9.17, 15) is 9.59 Å².